The molecule has 1 aliphatic rings. The van der Waals surface area contributed by atoms with Crippen LogP contribution in [-0.2, 0) is 4.74 Å². The van der Waals surface area contributed by atoms with Crippen molar-refractivity contribution in [3.63, 3.8) is 0 Å². The van der Waals surface area contributed by atoms with E-state index in [1.807, 2.05) is 0 Å². The molecule has 1 saturated heterocycles. The van der Waals surface area contributed by atoms with Crippen molar-refractivity contribution in [2.45, 2.75) is 30.2 Å². The minimum Gasteiger partial charge on any atom is -0.457 e. The van der Waals surface area contributed by atoms with Gasteiger partial charge in [0.25, 0.3) is 5.79 Å². The van der Waals surface area contributed by atoms with Crippen LogP contribution in [0.15, 0.2) is 30.3 Å². The van der Waals surface area contributed by atoms with E-state index in [2.05, 4.69) is 0 Å². The predicted octanol–water partition coefficient (Wildman–Crippen LogP) is -1.77. The molecule has 2 rings (SSSR count). The summed E-state index contributed by atoms with van der Waals surface area (Å²) in [6.45, 7) is -1.35. The van der Waals surface area contributed by atoms with Crippen molar-refractivity contribution in [2.24, 2.45) is 0 Å². The minimum atomic E-state index is -1.95. The Kier molecular flexibility index (Phi) is 4.59. The molecule has 5 unspecified atom stereocenters. The first kappa shape index (κ1) is 15.2. The van der Waals surface area contributed by atoms with Gasteiger partial charge in [-0.15, -0.1) is 0 Å². The number of aliphatic hydroxyl groups excluding tert-OH is 5. The van der Waals surface area contributed by atoms with Crippen molar-refractivity contribution < 1.29 is 35.0 Å². The van der Waals surface area contributed by atoms with E-state index in [0.29, 0.717) is 5.75 Å². The van der Waals surface area contributed by atoms with E-state index in [-0.39, 0.29) is 0 Å². The molecule has 112 valence electrons. The Balaban J connectivity index is 2.28. The second-order valence-electron chi connectivity index (χ2n) is 4.65. The highest BCUT2D eigenvalue weighted by Gasteiger charge is 2.55. The van der Waals surface area contributed by atoms with Crippen LogP contribution in [0.2, 0.25) is 0 Å². The lowest BCUT2D eigenvalue weighted by Crippen LogP contribution is -2.68. The van der Waals surface area contributed by atoms with Gasteiger partial charge >= 0.3 is 0 Å². The van der Waals surface area contributed by atoms with Gasteiger partial charge in [0, 0.05) is 0 Å². The van der Waals surface area contributed by atoms with E-state index in [4.69, 9.17) is 14.6 Å². The van der Waals surface area contributed by atoms with Crippen LogP contribution in [0.4, 0.5) is 0 Å². The van der Waals surface area contributed by atoms with Gasteiger partial charge in [-0.05, 0) is 12.1 Å². The molecule has 0 radical (unpaired) electrons. The molecule has 0 bridgehead atoms. The quantitative estimate of drug-likeness (QED) is 0.444. The second kappa shape index (κ2) is 6.04. The summed E-state index contributed by atoms with van der Waals surface area (Å²) < 4.78 is 10.7. The summed E-state index contributed by atoms with van der Waals surface area (Å²) in [4.78, 5) is 0. The van der Waals surface area contributed by atoms with Gasteiger partial charge < -0.3 is 35.0 Å². The number of rotatable bonds is 4. The largest absolute Gasteiger partial charge is 0.457 e. The molecule has 0 aliphatic carbocycles. The van der Waals surface area contributed by atoms with Crippen molar-refractivity contribution in [1.82, 2.24) is 0 Å². The molecule has 7 nitrogen and oxygen atoms in total. The monoisotopic (exact) mass is 286 g/mol. The Labute approximate surface area is 115 Å². The van der Waals surface area contributed by atoms with Crippen LogP contribution in [0, 0.1) is 0 Å². The van der Waals surface area contributed by atoms with Gasteiger partial charge in [-0.3, -0.25) is 0 Å². The smallest absolute Gasteiger partial charge is 0.263 e. The summed E-state index contributed by atoms with van der Waals surface area (Å²) in [6, 6.07) is 8.29. The molecule has 5 N–H and O–H groups in total. The zero-order chi connectivity index (χ0) is 14.8. The van der Waals surface area contributed by atoms with Crippen molar-refractivity contribution in [1.29, 1.82) is 0 Å². The summed E-state index contributed by atoms with van der Waals surface area (Å²) in [5.41, 5.74) is 0. The lowest BCUT2D eigenvalue weighted by Gasteiger charge is -2.46. The second-order valence-corrected chi connectivity index (χ2v) is 4.65. The van der Waals surface area contributed by atoms with Crippen molar-refractivity contribution in [2.75, 3.05) is 13.2 Å². The molecule has 1 aromatic rings. The Morgan fingerprint density at radius 3 is 2.25 bits per heavy atom. The van der Waals surface area contributed by atoms with E-state index in [1.165, 1.54) is 0 Å². The molecule has 1 aliphatic heterocycles. The Hall–Kier alpha value is -1.22. The van der Waals surface area contributed by atoms with Crippen LogP contribution in [0.3, 0.4) is 0 Å². The first-order valence-electron chi connectivity index (χ1n) is 6.22. The summed E-state index contributed by atoms with van der Waals surface area (Å²) in [7, 11) is 0. The third kappa shape index (κ3) is 2.64. The normalized spacial score (nSPS) is 37.6. The van der Waals surface area contributed by atoms with Crippen molar-refractivity contribution >= 4 is 0 Å². The van der Waals surface area contributed by atoms with Gasteiger partial charge in [-0.1, -0.05) is 18.2 Å². The van der Waals surface area contributed by atoms with Crippen LogP contribution in [-0.4, -0.2) is 68.9 Å². The van der Waals surface area contributed by atoms with Crippen molar-refractivity contribution in [3.05, 3.63) is 30.3 Å². The average molecular weight is 286 g/mol. The Bertz CT molecular complexity index is 424. The van der Waals surface area contributed by atoms with Crippen molar-refractivity contribution in [3.8, 4) is 5.75 Å². The maximum absolute atomic E-state index is 10.0. The van der Waals surface area contributed by atoms with Crippen LogP contribution in [0.1, 0.15) is 0 Å². The van der Waals surface area contributed by atoms with Crippen LogP contribution < -0.4 is 4.74 Å². The lowest BCUT2D eigenvalue weighted by atomic mass is 9.93. The fourth-order valence-corrected chi connectivity index (χ4v) is 2.14. The zero-order valence-corrected chi connectivity index (χ0v) is 10.7. The van der Waals surface area contributed by atoms with Crippen LogP contribution >= 0.6 is 0 Å². The van der Waals surface area contributed by atoms with Gasteiger partial charge in [0.15, 0.2) is 0 Å². The maximum Gasteiger partial charge on any atom is 0.263 e. The van der Waals surface area contributed by atoms with Gasteiger partial charge in [0.05, 0.1) is 6.61 Å². The van der Waals surface area contributed by atoms with Gasteiger partial charge in [0.1, 0.15) is 36.8 Å². The predicted molar refractivity (Wildman–Crippen MR) is 66.9 cm³/mol. The molecule has 20 heavy (non-hydrogen) atoms. The van der Waals surface area contributed by atoms with Gasteiger partial charge in [-0.25, -0.2) is 0 Å². The molecule has 0 aromatic heterocycles. The molecule has 1 aromatic carbocycles. The van der Waals surface area contributed by atoms with E-state index < -0.39 is 43.4 Å². The molecule has 1 heterocycles. The summed E-state index contributed by atoms with van der Waals surface area (Å²) in [5, 5.41) is 48.2. The third-order valence-corrected chi connectivity index (χ3v) is 3.29. The first-order valence-corrected chi connectivity index (χ1v) is 6.22. The van der Waals surface area contributed by atoms with Gasteiger partial charge in [-0.2, -0.15) is 0 Å². The van der Waals surface area contributed by atoms with Crippen LogP contribution in [0.25, 0.3) is 0 Å². The minimum absolute atomic E-state index is 0.306. The highest BCUT2D eigenvalue weighted by atomic mass is 16.7. The molecule has 0 spiro atoms. The van der Waals surface area contributed by atoms with Gasteiger partial charge in [0.2, 0.25) is 0 Å². The average Bonchev–Trinajstić information content (AvgIpc) is 2.49. The molecule has 0 amide bonds. The molecule has 1 fully saturated rings. The fourth-order valence-electron chi connectivity index (χ4n) is 2.14. The number of hydrogen-bond donors (Lipinski definition) is 5. The number of ether oxygens (including phenoxy) is 2. The van der Waals surface area contributed by atoms with E-state index in [1.54, 1.807) is 30.3 Å². The summed E-state index contributed by atoms with van der Waals surface area (Å²) in [5.74, 6) is -1.64. The first-order chi connectivity index (χ1) is 9.54. The summed E-state index contributed by atoms with van der Waals surface area (Å²) in [6.07, 6.45) is -5.94. The topological polar surface area (TPSA) is 120 Å². The highest BCUT2D eigenvalue weighted by molar-refractivity contribution is 5.22. The zero-order valence-electron chi connectivity index (χ0n) is 10.7. The SMILES string of the molecule is OCC1OC(CO)(Oc2ccccc2)C(O)C(O)C1O. The fraction of sp³-hybridized carbons (Fsp3) is 0.538. The highest BCUT2D eigenvalue weighted by Crippen LogP contribution is 2.32. The maximum atomic E-state index is 10.0. The Morgan fingerprint density at radius 2 is 1.70 bits per heavy atom. The number of para-hydroxylation sites is 1. The van der Waals surface area contributed by atoms with E-state index >= 15 is 0 Å². The molecule has 0 saturated carbocycles. The third-order valence-electron chi connectivity index (χ3n) is 3.29. The standard InChI is InChI=1S/C13H18O7/c14-6-9-10(16)11(17)12(18)13(7-15,20-9)19-8-4-2-1-3-5-8/h1-5,9-12,14-18H,6-7H2. The number of benzene rings is 1. The molecular formula is C13H18O7. The lowest BCUT2D eigenvalue weighted by molar-refractivity contribution is -0.346. The van der Waals surface area contributed by atoms with E-state index in [0.717, 1.165) is 0 Å². The number of aliphatic hydroxyl groups is 5. The van der Waals surface area contributed by atoms with Crippen LogP contribution in [0.5, 0.6) is 5.75 Å². The molecular weight excluding hydrogens is 268 g/mol. The Morgan fingerprint density at radius 1 is 1.05 bits per heavy atom. The van der Waals surface area contributed by atoms with E-state index in [9.17, 15) is 20.4 Å². The summed E-state index contributed by atoms with van der Waals surface area (Å²) >= 11 is 0. The molecule has 5 atom stereocenters. The number of hydrogen-bond acceptors (Lipinski definition) is 7. The molecule has 7 heteroatoms.